The molecule has 8 heteroatoms. The Kier molecular flexibility index (Phi) is 4.08. The van der Waals surface area contributed by atoms with Crippen LogP contribution in [0.1, 0.15) is 13.3 Å². The molecule has 0 spiro atoms. The second-order valence-corrected chi connectivity index (χ2v) is 6.14. The van der Waals surface area contributed by atoms with Crippen LogP contribution in [0.15, 0.2) is 35.5 Å². The SMILES string of the molecule is COC(=O)C1=CC2=CC(=O)C=C[C@]2(O)[C@@H]2[C@@H](OC(C)=O)CC(=O)N2C1. The lowest BCUT2D eigenvalue weighted by Crippen LogP contribution is -2.55. The maximum Gasteiger partial charge on any atom is 0.335 e. The molecule has 0 saturated carbocycles. The highest BCUT2D eigenvalue weighted by Crippen LogP contribution is 2.41. The third-order valence-corrected chi connectivity index (χ3v) is 4.53. The number of esters is 2. The van der Waals surface area contributed by atoms with Gasteiger partial charge in [0.25, 0.3) is 0 Å². The van der Waals surface area contributed by atoms with Crippen molar-refractivity contribution >= 4 is 23.6 Å². The number of methoxy groups -OCH3 is 1. The van der Waals surface area contributed by atoms with E-state index in [0.29, 0.717) is 0 Å². The van der Waals surface area contributed by atoms with E-state index in [-0.39, 0.29) is 35.8 Å². The lowest BCUT2D eigenvalue weighted by molar-refractivity contribution is -0.150. The van der Waals surface area contributed by atoms with Crippen molar-refractivity contribution in [2.24, 2.45) is 0 Å². The van der Waals surface area contributed by atoms with Gasteiger partial charge < -0.3 is 19.5 Å². The minimum Gasteiger partial charge on any atom is -0.466 e. The Morgan fingerprint density at radius 3 is 2.68 bits per heavy atom. The third-order valence-electron chi connectivity index (χ3n) is 4.53. The van der Waals surface area contributed by atoms with Crippen molar-refractivity contribution in [1.29, 1.82) is 0 Å². The summed E-state index contributed by atoms with van der Waals surface area (Å²) in [6.07, 6.45) is 3.99. The van der Waals surface area contributed by atoms with E-state index in [1.807, 2.05) is 0 Å². The van der Waals surface area contributed by atoms with Crippen LogP contribution in [0.4, 0.5) is 0 Å². The molecule has 1 N–H and O–H groups in total. The van der Waals surface area contributed by atoms with Crippen LogP contribution in [0.5, 0.6) is 0 Å². The van der Waals surface area contributed by atoms with E-state index in [1.165, 1.54) is 43.2 Å². The molecule has 0 unspecified atom stereocenters. The van der Waals surface area contributed by atoms with Crippen molar-refractivity contribution in [3.05, 3.63) is 35.5 Å². The van der Waals surface area contributed by atoms with E-state index < -0.39 is 29.7 Å². The Bertz CT molecular complexity index is 763. The van der Waals surface area contributed by atoms with E-state index in [4.69, 9.17) is 9.47 Å². The molecule has 25 heavy (non-hydrogen) atoms. The highest BCUT2D eigenvalue weighted by atomic mass is 16.5. The first-order chi connectivity index (χ1) is 11.8. The van der Waals surface area contributed by atoms with Crippen molar-refractivity contribution in [3.8, 4) is 0 Å². The fourth-order valence-corrected chi connectivity index (χ4v) is 3.50. The molecule has 1 fully saturated rings. The second-order valence-electron chi connectivity index (χ2n) is 6.14. The van der Waals surface area contributed by atoms with Crippen molar-refractivity contribution in [1.82, 2.24) is 4.90 Å². The summed E-state index contributed by atoms with van der Waals surface area (Å²) in [4.78, 5) is 48.9. The molecule has 1 amide bonds. The zero-order valence-corrected chi connectivity index (χ0v) is 13.7. The summed E-state index contributed by atoms with van der Waals surface area (Å²) in [7, 11) is 1.20. The molecule has 0 aromatic rings. The number of hydrogen-bond acceptors (Lipinski definition) is 7. The summed E-state index contributed by atoms with van der Waals surface area (Å²) in [6, 6.07) is -0.946. The fourth-order valence-electron chi connectivity index (χ4n) is 3.50. The van der Waals surface area contributed by atoms with E-state index in [0.717, 1.165) is 0 Å². The fraction of sp³-hybridized carbons (Fsp3) is 0.412. The number of allylic oxidation sites excluding steroid dienone is 2. The van der Waals surface area contributed by atoms with E-state index in [9.17, 15) is 24.3 Å². The zero-order valence-electron chi connectivity index (χ0n) is 13.7. The number of aliphatic hydroxyl groups is 1. The van der Waals surface area contributed by atoms with E-state index in [1.54, 1.807) is 0 Å². The second kappa shape index (κ2) is 5.96. The number of hydrogen-bond donors (Lipinski definition) is 1. The molecule has 3 rings (SSSR count). The van der Waals surface area contributed by atoms with E-state index in [2.05, 4.69) is 0 Å². The largest absolute Gasteiger partial charge is 0.466 e. The van der Waals surface area contributed by atoms with Crippen LogP contribution in [0, 0.1) is 0 Å². The van der Waals surface area contributed by atoms with Crippen LogP contribution in [0.25, 0.3) is 0 Å². The quantitative estimate of drug-likeness (QED) is 0.666. The smallest absolute Gasteiger partial charge is 0.335 e. The van der Waals surface area contributed by atoms with Crippen molar-refractivity contribution < 1.29 is 33.8 Å². The maximum atomic E-state index is 12.4. The minimum absolute atomic E-state index is 0.115. The average molecular weight is 347 g/mol. The van der Waals surface area contributed by atoms with Crippen molar-refractivity contribution in [2.75, 3.05) is 13.7 Å². The van der Waals surface area contributed by atoms with Crippen LogP contribution in [0.2, 0.25) is 0 Å². The minimum atomic E-state index is -1.75. The number of ether oxygens (including phenoxy) is 2. The van der Waals surface area contributed by atoms with Crippen molar-refractivity contribution in [3.63, 3.8) is 0 Å². The third kappa shape index (κ3) is 2.78. The molecule has 3 aliphatic rings. The Balaban J connectivity index is 2.13. The van der Waals surface area contributed by atoms with Gasteiger partial charge in [0.15, 0.2) is 5.78 Å². The van der Waals surface area contributed by atoms with Crippen molar-refractivity contribution in [2.45, 2.75) is 31.1 Å². The predicted octanol–water partition coefficient (Wildman–Crippen LogP) is -0.572. The van der Waals surface area contributed by atoms with Crippen LogP contribution >= 0.6 is 0 Å². The van der Waals surface area contributed by atoms with Gasteiger partial charge in [0, 0.05) is 6.92 Å². The van der Waals surface area contributed by atoms with Gasteiger partial charge in [-0.05, 0) is 29.9 Å². The molecule has 2 aliphatic heterocycles. The highest BCUT2D eigenvalue weighted by molar-refractivity contribution is 6.03. The lowest BCUT2D eigenvalue weighted by atomic mass is 9.80. The van der Waals surface area contributed by atoms with Gasteiger partial charge in [0.05, 0.1) is 25.6 Å². The molecular formula is C17H17NO7. The van der Waals surface area contributed by atoms with E-state index >= 15 is 0 Å². The number of carbonyl (C=O) groups is 4. The van der Waals surface area contributed by atoms with Gasteiger partial charge in [0.1, 0.15) is 17.7 Å². The number of rotatable bonds is 2. The zero-order chi connectivity index (χ0) is 18.4. The molecule has 0 aromatic heterocycles. The molecule has 132 valence electrons. The summed E-state index contributed by atoms with van der Waals surface area (Å²) in [5.41, 5.74) is -1.48. The van der Waals surface area contributed by atoms with Crippen LogP contribution < -0.4 is 0 Å². The summed E-state index contributed by atoms with van der Waals surface area (Å²) < 4.78 is 9.94. The number of nitrogens with zero attached hydrogens (tertiary/aromatic N) is 1. The van der Waals surface area contributed by atoms with Gasteiger partial charge in [-0.3, -0.25) is 14.4 Å². The van der Waals surface area contributed by atoms with Crippen LogP contribution in [-0.4, -0.2) is 65.0 Å². The van der Waals surface area contributed by atoms with Gasteiger partial charge in [0.2, 0.25) is 5.91 Å². The monoisotopic (exact) mass is 347 g/mol. The summed E-state index contributed by atoms with van der Waals surface area (Å²) >= 11 is 0. The molecule has 1 aliphatic carbocycles. The van der Waals surface area contributed by atoms with Crippen LogP contribution in [0.3, 0.4) is 0 Å². The predicted molar refractivity (Wildman–Crippen MR) is 83.0 cm³/mol. The Morgan fingerprint density at radius 2 is 2.04 bits per heavy atom. The van der Waals surface area contributed by atoms with Gasteiger partial charge in [-0.25, -0.2) is 4.79 Å². The van der Waals surface area contributed by atoms with Gasteiger partial charge >= 0.3 is 11.9 Å². The topological polar surface area (TPSA) is 110 Å². The molecule has 0 radical (unpaired) electrons. The Hall–Kier alpha value is -2.74. The molecule has 3 atom stereocenters. The summed E-state index contributed by atoms with van der Waals surface area (Å²) in [5, 5.41) is 11.2. The summed E-state index contributed by atoms with van der Waals surface area (Å²) in [6.45, 7) is 1.10. The van der Waals surface area contributed by atoms with Gasteiger partial charge in [-0.1, -0.05) is 0 Å². The Morgan fingerprint density at radius 1 is 1.32 bits per heavy atom. The summed E-state index contributed by atoms with van der Waals surface area (Å²) in [5.74, 6) is -1.99. The average Bonchev–Trinajstić information content (AvgIpc) is 2.76. The molecule has 0 aromatic carbocycles. The first-order valence-corrected chi connectivity index (χ1v) is 7.69. The maximum absolute atomic E-state index is 12.4. The normalized spacial score (nSPS) is 30.8. The highest BCUT2D eigenvalue weighted by Gasteiger charge is 2.55. The molecule has 1 saturated heterocycles. The number of fused-ring (bicyclic) bond motifs is 3. The number of ketones is 1. The van der Waals surface area contributed by atoms with Gasteiger partial charge in [-0.15, -0.1) is 0 Å². The Labute approximate surface area is 143 Å². The first kappa shape index (κ1) is 17.1. The first-order valence-electron chi connectivity index (χ1n) is 7.69. The van der Waals surface area contributed by atoms with Gasteiger partial charge in [-0.2, -0.15) is 0 Å². The molecular weight excluding hydrogens is 330 g/mol. The lowest BCUT2D eigenvalue weighted by Gasteiger charge is -2.39. The number of carbonyl (C=O) groups excluding carboxylic acids is 4. The van der Waals surface area contributed by atoms with Crippen LogP contribution in [-0.2, 0) is 28.7 Å². The molecule has 0 bridgehead atoms. The standard InChI is InChI=1S/C17H17NO7/c1-9(19)25-13-7-14(21)18-8-10(16(22)24-2)5-11-6-12(20)3-4-17(11,23)15(13)18/h3-6,13,15,23H,7-8H2,1-2H3/t13-,15-,17+/m0/s1. The molecule has 8 nitrogen and oxygen atoms in total. The number of amides is 1. The molecule has 2 heterocycles.